The topological polar surface area (TPSA) is 72.9 Å². The fraction of sp³-hybridized carbons (Fsp3) is 0.364. The third-order valence-corrected chi connectivity index (χ3v) is 6.33. The lowest BCUT2D eigenvalue weighted by Crippen LogP contribution is -2.41. The van der Waals surface area contributed by atoms with E-state index >= 15 is 0 Å². The molecule has 3 aromatic rings. The number of alkyl halides is 3. The quantitative estimate of drug-likeness (QED) is 0.468. The molecule has 2 heterocycles. The van der Waals surface area contributed by atoms with Crippen molar-refractivity contribution in [2.45, 2.75) is 38.4 Å². The lowest BCUT2D eigenvalue weighted by Gasteiger charge is -2.19. The van der Waals surface area contributed by atoms with E-state index in [4.69, 9.17) is 17.3 Å². The minimum absolute atomic E-state index is 0.00809. The number of thiophene rings is 1. The Hall–Kier alpha value is -2.36. The van der Waals surface area contributed by atoms with Crippen LogP contribution in [-0.4, -0.2) is 28.3 Å². The first kappa shape index (κ1) is 24.3. The van der Waals surface area contributed by atoms with Crippen molar-refractivity contribution in [3.8, 4) is 11.3 Å². The highest BCUT2D eigenvalue weighted by Crippen LogP contribution is 2.34. The number of carbonyl (C=O) groups is 1. The molecule has 0 bridgehead atoms. The lowest BCUT2D eigenvalue weighted by atomic mass is 9.99. The van der Waals surface area contributed by atoms with E-state index in [1.807, 2.05) is 12.3 Å². The fourth-order valence-electron chi connectivity index (χ4n) is 3.64. The Morgan fingerprint density at radius 1 is 1.34 bits per heavy atom. The average molecular weight is 485 g/mol. The molecule has 0 fully saturated rings. The molecule has 1 unspecified atom stereocenters. The average Bonchev–Trinajstić information content (AvgIpc) is 3.32. The summed E-state index contributed by atoms with van der Waals surface area (Å²) in [5.41, 5.74) is 7.72. The van der Waals surface area contributed by atoms with Crippen LogP contribution in [0.15, 0.2) is 35.7 Å². The summed E-state index contributed by atoms with van der Waals surface area (Å²) in [6, 6.07) is 6.42. The van der Waals surface area contributed by atoms with E-state index in [-0.39, 0.29) is 24.4 Å². The number of nitrogens with one attached hydrogen (secondary N) is 1. The Kier molecular flexibility index (Phi) is 7.63. The van der Waals surface area contributed by atoms with Crippen molar-refractivity contribution in [1.82, 2.24) is 15.1 Å². The molecule has 0 saturated carbocycles. The van der Waals surface area contributed by atoms with Crippen molar-refractivity contribution < 1.29 is 18.0 Å². The first-order valence-electron chi connectivity index (χ1n) is 10.1. The Labute approximate surface area is 193 Å². The lowest BCUT2D eigenvalue weighted by molar-refractivity contribution is -0.138. The molecule has 1 aromatic carbocycles. The van der Waals surface area contributed by atoms with Gasteiger partial charge in [0.15, 0.2) is 5.15 Å². The summed E-state index contributed by atoms with van der Waals surface area (Å²) in [5, 5.41) is 9.32. The number of benzene rings is 1. The van der Waals surface area contributed by atoms with E-state index in [1.165, 1.54) is 23.5 Å². The molecule has 1 amide bonds. The standard InChI is InChI=1S/C22H24ClF3N4OS/c1-3-6-16-19(30(2)29-20(16)23)14-10-18(32-12-14)21(31)28-15(11-27)9-13-7-4-5-8-17(13)22(24,25)26/h4-5,7-8,10,12,15H,3,6,9,11,27H2,1-2H3,(H,28,31). The number of carbonyl (C=O) groups excluding carboxylic acids is 1. The van der Waals surface area contributed by atoms with E-state index in [0.29, 0.717) is 10.0 Å². The number of aryl methyl sites for hydroxylation is 1. The van der Waals surface area contributed by atoms with Crippen LogP contribution in [-0.2, 0) is 26.1 Å². The van der Waals surface area contributed by atoms with Gasteiger partial charge in [-0.1, -0.05) is 43.1 Å². The van der Waals surface area contributed by atoms with Gasteiger partial charge < -0.3 is 11.1 Å². The van der Waals surface area contributed by atoms with E-state index in [0.717, 1.165) is 35.7 Å². The maximum absolute atomic E-state index is 13.3. The maximum Gasteiger partial charge on any atom is 0.416 e. The first-order valence-corrected chi connectivity index (χ1v) is 11.4. The van der Waals surface area contributed by atoms with Gasteiger partial charge in [0, 0.05) is 36.1 Å². The van der Waals surface area contributed by atoms with Gasteiger partial charge in [0.25, 0.3) is 5.91 Å². The van der Waals surface area contributed by atoms with Crippen molar-refractivity contribution in [2.24, 2.45) is 12.8 Å². The van der Waals surface area contributed by atoms with Crippen molar-refractivity contribution in [2.75, 3.05) is 6.54 Å². The number of amides is 1. The van der Waals surface area contributed by atoms with Gasteiger partial charge in [-0.25, -0.2) is 0 Å². The minimum atomic E-state index is -4.47. The third-order valence-electron chi connectivity index (χ3n) is 5.10. The highest BCUT2D eigenvalue weighted by molar-refractivity contribution is 7.12. The van der Waals surface area contributed by atoms with Crippen LogP contribution < -0.4 is 11.1 Å². The Bertz CT molecular complexity index is 1090. The van der Waals surface area contributed by atoms with E-state index in [9.17, 15) is 18.0 Å². The van der Waals surface area contributed by atoms with E-state index in [2.05, 4.69) is 10.4 Å². The second kappa shape index (κ2) is 10.1. The maximum atomic E-state index is 13.3. The zero-order valence-corrected chi connectivity index (χ0v) is 19.2. The van der Waals surface area contributed by atoms with Gasteiger partial charge in [0.2, 0.25) is 0 Å². The molecule has 0 aliphatic heterocycles. The first-order chi connectivity index (χ1) is 15.2. The molecule has 0 radical (unpaired) electrons. The molecule has 3 N–H and O–H groups in total. The molecule has 3 rings (SSSR count). The van der Waals surface area contributed by atoms with Crippen LogP contribution in [0, 0.1) is 0 Å². The van der Waals surface area contributed by atoms with Crippen LogP contribution in [0.2, 0.25) is 5.15 Å². The molecule has 1 atom stereocenters. The van der Waals surface area contributed by atoms with Crippen LogP contribution in [0.3, 0.4) is 0 Å². The number of aromatic nitrogens is 2. The SMILES string of the molecule is CCCc1c(Cl)nn(C)c1-c1csc(C(=O)NC(CN)Cc2ccccc2C(F)(F)F)c1. The minimum Gasteiger partial charge on any atom is -0.347 e. The smallest absolute Gasteiger partial charge is 0.347 e. The summed E-state index contributed by atoms with van der Waals surface area (Å²) in [6.45, 7) is 2.05. The molecule has 0 spiro atoms. The molecule has 0 saturated heterocycles. The Morgan fingerprint density at radius 3 is 2.72 bits per heavy atom. The van der Waals surface area contributed by atoms with Crippen LogP contribution in [0.1, 0.15) is 39.7 Å². The predicted molar refractivity (Wildman–Crippen MR) is 121 cm³/mol. The van der Waals surface area contributed by atoms with Crippen molar-refractivity contribution in [1.29, 1.82) is 0 Å². The van der Waals surface area contributed by atoms with Gasteiger partial charge in [-0.2, -0.15) is 18.3 Å². The van der Waals surface area contributed by atoms with E-state index in [1.54, 1.807) is 23.9 Å². The second-order valence-corrected chi connectivity index (χ2v) is 8.73. The summed E-state index contributed by atoms with van der Waals surface area (Å²) in [4.78, 5) is 13.2. The van der Waals surface area contributed by atoms with Gasteiger partial charge in [-0.05, 0) is 30.5 Å². The highest BCUT2D eigenvalue weighted by atomic mass is 35.5. The van der Waals surface area contributed by atoms with Gasteiger partial charge >= 0.3 is 6.18 Å². The Morgan fingerprint density at radius 2 is 2.06 bits per heavy atom. The molecule has 172 valence electrons. The van der Waals surface area contributed by atoms with Gasteiger partial charge in [-0.15, -0.1) is 11.3 Å². The molecular weight excluding hydrogens is 461 g/mol. The third kappa shape index (κ3) is 5.33. The normalized spacial score (nSPS) is 12.7. The summed E-state index contributed by atoms with van der Waals surface area (Å²) in [5.74, 6) is -0.383. The van der Waals surface area contributed by atoms with Crippen molar-refractivity contribution >= 4 is 28.8 Å². The second-order valence-electron chi connectivity index (χ2n) is 7.46. The Balaban J connectivity index is 1.78. The monoisotopic (exact) mass is 484 g/mol. The van der Waals surface area contributed by atoms with Crippen LogP contribution in [0.25, 0.3) is 11.3 Å². The van der Waals surface area contributed by atoms with Gasteiger partial charge in [-0.3, -0.25) is 9.48 Å². The number of nitrogens with zero attached hydrogens (tertiary/aromatic N) is 2. The van der Waals surface area contributed by atoms with Crippen LogP contribution in [0.5, 0.6) is 0 Å². The number of hydrogen-bond donors (Lipinski definition) is 2. The molecule has 0 aliphatic rings. The summed E-state index contributed by atoms with van der Waals surface area (Å²) in [6.07, 6.45) is -2.84. The molecular formula is C22H24ClF3N4OS. The largest absolute Gasteiger partial charge is 0.416 e. The number of halogens is 4. The zero-order valence-electron chi connectivity index (χ0n) is 17.7. The molecule has 10 heteroatoms. The number of rotatable bonds is 8. The van der Waals surface area contributed by atoms with Crippen LogP contribution in [0.4, 0.5) is 13.2 Å². The number of nitrogens with two attached hydrogens (primary N) is 1. The van der Waals surface area contributed by atoms with Gasteiger partial charge in [0.05, 0.1) is 16.1 Å². The van der Waals surface area contributed by atoms with Crippen molar-refractivity contribution in [3.63, 3.8) is 0 Å². The molecule has 32 heavy (non-hydrogen) atoms. The van der Waals surface area contributed by atoms with E-state index < -0.39 is 17.8 Å². The zero-order chi connectivity index (χ0) is 23.5. The molecule has 0 aliphatic carbocycles. The number of hydrogen-bond acceptors (Lipinski definition) is 4. The highest BCUT2D eigenvalue weighted by Gasteiger charge is 2.33. The molecule has 2 aromatic heterocycles. The summed E-state index contributed by atoms with van der Waals surface area (Å²) >= 11 is 7.50. The summed E-state index contributed by atoms with van der Waals surface area (Å²) in [7, 11) is 1.79. The van der Waals surface area contributed by atoms with Crippen molar-refractivity contribution in [3.05, 3.63) is 62.4 Å². The van der Waals surface area contributed by atoms with Crippen LogP contribution >= 0.6 is 22.9 Å². The predicted octanol–water partition coefficient (Wildman–Crippen LogP) is 5.07. The summed E-state index contributed by atoms with van der Waals surface area (Å²) < 4.78 is 41.5. The van der Waals surface area contributed by atoms with Gasteiger partial charge in [0.1, 0.15) is 0 Å². The molecule has 5 nitrogen and oxygen atoms in total. The fourth-order valence-corrected chi connectivity index (χ4v) is 4.73.